The Morgan fingerprint density at radius 1 is 1.12 bits per heavy atom. The molecule has 2 heteroatoms. The van der Waals surface area contributed by atoms with Gasteiger partial charge in [-0.3, -0.25) is 0 Å². The van der Waals surface area contributed by atoms with Crippen LogP contribution in [0.25, 0.3) is 0 Å². The molecule has 0 unspecified atom stereocenters. The van der Waals surface area contributed by atoms with E-state index in [0.717, 1.165) is 12.0 Å². The number of rotatable bonds is 7. The fourth-order valence-corrected chi connectivity index (χ4v) is 2.48. The van der Waals surface area contributed by atoms with Crippen molar-refractivity contribution in [1.29, 1.82) is 0 Å². The highest BCUT2D eigenvalue weighted by Gasteiger charge is 2.03. The van der Waals surface area contributed by atoms with Gasteiger partial charge in [0.2, 0.25) is 0 Å². The molecule has 0 heterocycles. The molecular weight excluding hydrogens is 216 g/mol. The summed E-state index contributed by atoms with van der Waals surface area (Å²) in [6, 6.07) is 8.31. The summed E-state index contributed by atoms with van der Waals surface area (Å²) in [4.78, 5) is 1.31. The zero-order valence-corrected chi connectivity index (χ0v) is 11.1. The summed E-state index contributed by atoms with van der Waals surface area (Å²) in [6.45, 7) is 4.23. The summed E-state index contributed by atoms with van der Waals surface area (Å²) in [6.07, 6.45) is 4.37. The van der Waals surface area contributed by atoms with Gasteiger partial charge in [-0.05, 0) is 36.3 Å². The van der Waals surface area contributed by atoms with Crippen molar-refractivity contribution >= 4 is 11.8 Å². The molecule has 0 aliphatic carbocycles. The van der Waals surface area contributed by atoms with Gasteiger partial charge in [0, 0.05) is 4.90 Å². The van der Waals surface area contributed by atoms with E-state index < -0.39 is 0 Å². The Kier molecular flexibility index (Phi) is 6.58. The summed E-state index contributed by atoms with van der Waals surface area (Å²) >= 11 is 1.91. The summed E-state index contributed by atoms with van der Waals surface area (Å²) in [7, 11) is 0. The van der Waals surface area contributed by atoms with Crippen LogP contribution in [-0.4, -0.2) is 10.9 Å². The van der Waals surface area contributed by atoms with Crippen molar-refractivity contribution in [3.8, 4) is 0 Å². The fraction of sp³-hybridized carbons (Fsp3) is 0.571. The molecule has 1 N–H and O–H groups in total. The Labute approximate surface area is 103 Å². The Hall–Kier alpha value is -0.470. The van der Waals surface area contributed by atoms with Crippen molar-refractivity contribution in [1.82, 2.24) is 0 Å². The van der Waals surface area contributed by atoms with Gasteiger partial charge in [0.25, 0.3) is 0 Å². The molecule has 0 spiro atoms. The Bertz CT molecular complexity index is 281. The first kappa shape index (κ1) is 13.6. The molecule has 1 nitrogen and oxygen atoms in total. The summed E-state index contributed by atoms with van der Waals surface area (Å²) in [5, 5.41) is 9.66. The van der Waals surface area contributed by atoms with Crippen LogP contribution in [0.15, 0.2) is 29.2 Å². The topological polar surface area (TPSA) is 20.2 Å². The first-order valence-corrected chi connectivity index (χ1v) is 7.17. The van der Waals surface area contributed by atoms with Crippen LogP contribution in [-0.2, 0) is 0 Å². The molecule has 1 aromatic rings. The first-order valence-electron chi connectivity index (χ1n) is 6.18. The van der Waals surface area contributed by atoms with Gasteiger partial charge < -0.3 is 5.11 Å². The molecule has 0 fully saturated rings. The van der Waals surface area contributed by atoms with Gasteiger partial charge in [0.05, 0.1) is 6.10 Å². The van der Waals surface area contributed by atoms with Crippen molar-refractivity contribution < 1.29 is 5.11 Å². The average molecular weight is 238 g/mol. The lowest BCUT2D eigenvalue weighted by atomic mass is 10.1. The molecule has 0 aliphatic heterocycles. The van der Waals surface area contributed by atoms with Gasteiger partial charge in [-0.15, -0.1) is 11.8 Å². The van der Waals surface area contributed by atoms with Crippen molar-refractivity contribution in [2.45, 2.75) is 50.5 Å². The standard InChI is InChI=1S/C14H22OS/c1-3-5-6-11-16-13-9-7-12(8-10-13)14(15)4-2/h7-10,14-15H,3-6,11H2,1-2H3/t14-/m1/s1. The molecule has 90 valence electrons. The van der Waals surface area contributed by atoms with Crippen LogP contribution in [0.5, 0.6) is 0 Å². The number of benzene rings is 1. The van der Waals surface area contributed by atoms with E-state index in [-0.39, 0.29) is 6.10 Å². The minimum Gasteiger partial charge on any atom is -0.388 e. The second-order valence-corrected chi connectivity index (χ2v) is 5.22. The van der Waals surface area contributed by atoms with Crippen molar-refractivity contribution in [3.63, 3.8) is 0 Å². The molecule has 0 bridgehead atoms. The molecule has 1 rings (SSSR count). The highest BCUT2D eigenvalue weighted by molar-refractivity contribution is 7.99. The molecule has 1 atom stereocenters. The van der Waals surface area contributed by atoms with E-state index in [4.69, 9.17) is 0 Å². The van der Waals surface area contributed by atoms with Crippen molar-refractivity contribution in [2.75, 3.05) is 5.75 Å². The third-order valence-corrected chi connectivity index (χ3v) is 3.77. The van der Waals surface area contributed by atoms with Crippen LogP contribution in [0.3, 0.4) is 0 Å². The Balaban J connectivity index is 2.39. The number of thioether (sulfide) groups is 1. The summed E-state index contributed by atoms with van der Waals surface area (Å²) < 4.78 is 0. The van der Waals surface area contributed by atoms with Crippen LogP contribution in [0.1, 0.15) is 51.2 Å². The maximum absolute atomic E-state index is 9.66. The van der Waals surface area contributed by atoms with Crippen LogP contribution in [0, 0.1) is 0 Å². The van der Waals surface area contributed by atoms with E-state index in [1.54, 1.807) is 0 Å². The van der Waals surface area contributed by atoms with E-state index in [2.05, 4.69) is 19.1 Å². The Morgan fingerprint density at radius 3 is 2.38 bits per heavy atom. The summed E-state index contributed by atoms with van der Waals surface area (Å²) in [5.41, 5.74) is 1.03. The van der Waals surface area contributed by atoms with Gasteiger partial charge in [-0.25, -0.2) is 0 Å². The van der Waals surface area contributed by atoms with Crippen LogP contribution in [0.4, 0.5) is 0 Å². The third-order valence-electron chi connectivity index (χ3n) is 2.67. The fourth-order valence-electron chi connectivity index (χ4n) is 1.56. The van der Waals surface area contributed by atoms with Crippen LogP contribution >= 0.6 is 11.8 Å². The van der Waals surface area contributed by atoms with Crippen molar-refractivity contribution in [2.24, 2.45) is 0 Å². The lowest BCUT2D eigenvalue weighted by Crippen LogP contribution is -1.94. The SMILES string of the molecule is CCCCCSc1ccc([C@H](O)CC)cc1. The number of unbranched alkanes of at least 4 members (excludes halogenated alkanes) is 2. The predicted molar refractivity (Wildman–Crippen MR) is 71.9 cm³/mol. The van der Waals surface area contributed by atoms with Gasteiger partial charge in [-0.2, -0.15) is 0 Å². The van der Waals surface area contributed by atoms with Gasteiger partial charge in [0.1, 0.15) is 0 Å². The first-order chi connectivity index (χ1) is 7.77. The maximum Gasteiger partial charge on any atom is 0.0787 e. The van der Waals surface area contributed by atoms with Gasteiger partial charge >= 0.3 is 0 Å². The van der Waals surface area contributed by atoms with E-state index in [0.29, 0.717) is 0 Å². The van der Waals surface area contributed by atoms with E-state index in [1.807, 2.05) is 30.8 Å². The highest BCUT2D eigenvalue weighted by Crippen LogP contribution is 2.23. The molecule has 0 radical (unpaired) electrons. The van der Waals surface area contributed by atoms with Crippen LogP contribution in [0.2, 0.25) is 0 Å². The molecule has 0 saturated carbocycles. The molecule has 16 heavy (non-hydrogen) atoms. The number of hydrogen-bond acceptors (Lipinski definition) is 2. The number of aliphatic hydroxyl groups is 1. The quantitative estimate of drug-likeness (QED) is 0.561. The molecule has 0 aliphatic rings. The van der Waals surface area contributed by atoms with Crippen LogP contribution < -0.4 is 0 Å². The second kappa shape index (κ2) is 7.75. The number of aliphatic hydroxyl groups excluding tert-OH is 1. The smallest absolute Gasteiger partial charge is 0.0787 e. The average Bonchev–Trinajstić information content (AvgIpc) is 2.34. The zero-order valence-electron chi connectivity index (χ0n) is 10.3. The zero-order chi connectivity index (χ0) is 11.8. The lowest BCUT2D eigenvalue weighted by molar-refractivity contribution is 0.173. The van der Waals surface area contributed by atoms with E-state index in [9.17, 15) is 5.11 Å². The monoisotopic (exact) mass is 238 g/mol. The van der Waals surface area contributed by atoms with Gasteiger partial charge in [-0.1, -0.05) is 38.8 Å². The van der Waals surface area contributed by atoms with E-state index in [1.165, 1.54) is 29.9 Å². The minimum absolute atomic E-state index is 0.306. The number of hydrogen-bond donors (Lipinski definition) is 1. The largest absolute Gasteiger partial charge is 0.388 e. The predicted octanol–water partition coefficient (Wildman–Crippen LogP) is 4.41. The van der Waals surface area contributed by atoms with E-state index >= 15 is 0 Å². The van der Waals surface area contributed by atoms with Crippen molar-refractivity contribution in [3.05, 3.63) is 29.8 Å². The normalized spacial score (nSPS) is 12.7. The third kappa shape index (κ3) is 4.58. The van der Waals surface area contributed by atoms with Gasteiger partial charge in [0.15, 0.2) is 0 Å². The maximum atomic E-state index is 9.66. The Morgan fingerprint density at radius 2 is 1.81 bits per heavy atom. The molecular formula is C14H22OS. The molecule has 0 saturated heterocycles. The molecule has 1 aromatic carbocycles. The highest BCUT2D eigenvalue weighted by atomic mass is 32.2. The molecule has 0 amide bonds. The molecule has 0 aromatic heterocycles. The minimum atomic E-state index is -0.306. The second-order valence-electron chi connectivity index (χ2n) is 4.05. The summed E-state index contributed by atoms with van der Waals surface area (Å²) in [5.74, 6) is 1.20. The lowest BCUT2D eigenvalue weighted by Gasteiger charge is -2.08.